The zero-order chi connectivity index (χ0) is 13.3. The van der Waals surface area contributed by atoms with E-state index >= 15 is 0 Å². The lowest BCUT2D eigenvalue weighted by Gasteiger charge is -1.98. The predicted molar refractivity (Wildman–Crippen MR) is 55.2 cm³/mol. The molecule has 0 saturated carbocycles. The Morgan fingerprint density at radius 2 is 1.53 bits per heavy atom. The van der Waals surface area contributed by atoms with Gasteiger partial charge in [-0.05, 0) is 12.1 Å². The van der Waals surface area contributed by atoms with E-state index in [-0.39, 0.29) is 5.91 Å². The van der Waals surface area contributed by atoms with Crippen LogP contribution in [-0.4, -0.2) is 34.9 Å². The van der Waals surface area contributed by atoms with Crippen molar-refractivity contribution in [1.82, 2.24) is 5.32 Å². The molecule has 3 N–H and O–H groups in total. The third-order valence-electron chi connectivity index (χ3n) is 1.45. The number of carboxylic acid groups (broad SMARTS) is 2. The van der Waals surface area contributed by atoms with E-state index in [1.54, 1.807) is 30.3 Å². The zero-order valence-corrected chi connectivity index (χ0v) is 8.59. The molecule has 0 bridgehead atoms. The highest BCUT2D eigenvalue weighted by Gasteiger charge is 2.04. The van der Waals surface area contributed by atoms with E-state index in [9.17, 15) is 9.18 Å². The van der Waals surface area contributed by atoms with Crippen LogP contribution in [0.4, 0.5) is 4.39 Å². The summed E-state index contributed by atoms with van der Waals surface area (Å²) in [5, 5.41) is 16.8. The molecule has 0 radical (unpaired) electrons. The number of carbonyl (C=O) groups excluding carboxylic acids is 1. The van der Waals surface area contributed by atoms with Gasteiger partial charge in [-0.2, -0.15) is 0 Å². The Labute approximate surface area is 95.7 Å². The molecule has 0 aliphatic rings. The molecule has 1 aromatic carbocycles. The molecule has 92 valence electrons. The molecule has 17 heavy (non-hydrogen) atoms. The first kappa shape index (κ1) is 14.6. The summed E-state index contributed by atoms with van der Waals surface area (Å²) in [6, 6.07) is 8.52. The number of alkyl halides is 1. The first-order chi connectivity index (χ1) is 7.99. The summed E-state index contributed by atoms with van der Waals surface area (Å²) in [6.45, 7) is -0.826. The summed E-state index contributed by atoms with van der Waals surface area (Å²) in [6.07, 6.45) is 0. The number of carboxylic acids is 2. The van der Waals surface area contributed by atoms with Crippen molar-refractivity contribution in [3.8, 4) is 0 Å². The number of hydrogen-bond acceptors (Lipinski definition) is 3. The normalized spacial score (nSPS) is 8.53. The molecule has 0 unspecified atom stereocenters. The van der Waals surface area contributed by atoms with E-state index in [0.29, 0.717) is 5.56 Å². The maximum atomic E-state index is 11.6. The van der Waals surface area contributed by atoms with Crippen LogP contribution in [0, 0.1) is 0 Å². The van der Waals surface area contributed by atoms with Crippen molar-refractivity contribution in [2.75, 3.05) is 6.80 Å². The minimum atomic E-state index is -1.82. The Bertz CT molecular complexity index is 381. The van der Waals surface area contributed by atoms with Crippen molar-refractivity contribution in [3.05, 3.63) is 35.9 Å². The molecule has 0 saturated heterocycles. The van der Waals surface area contributed by atoms with Crippen LogP contribution in [0.25, 0.3) is 0 Å². The van der Waals surface area contributed by atoms with Crippen LogP contribution in [-0.2, 0) is 9.59 Å². The van der Waals surface area contributed by atoms with Crippen molar-refractivity contribution in [1.29, 1.82) is 0 Å². The third kappa shape index (κ3) is 6.61. The second-order valence-electron chi connectivity index (χ2n) is 2.62. The van der Waals surface area contributed by atoms with Gasteiger partial charge in [-0.15, -0.1) is 0 Å². The van der Waals surface area contributed by atoms with Crippen LogP contribution in [0.15, 0.2) is 30.3 Å². The Balaban J connectivity index is 0.000000366. The van der Waals surface area contributed by atoms with Gasteiger partial charge in [-0.1, -0.05) is 18.2 Å². The molecule has 1 rings (SSSR count). The summed E-state index contributed by atoms with van der Waals surface area (Å²) >= 11 is 0. The van der Waals surface area contributed by atoms with Crippen molar-refractivity contribution in [2.24, 2.45) is 0 Å². The molecule has 0 aliphatic carbocycles. The molecule has 6 nitrogen and oxygen atoms in total. The summed E-state index contributed by atoms with van der Waals surface area (Å²) in [7, 11) is 0. The molecular formula is C10H10FNO5. The monoisotopic (exact) mass is 243 g/mol. The maximum absolute atomic E-state index is 11.6. The van der Waals surface area contributed by atoms with E-state index in [0.717, 1.165) is 0 Å². The minimum absolute atomic E-state index is 0.381. The number of hydrogen-bond donors (Lipinski definition) is 3. The maximum Gasteiger partial charge on any atom is 0.414 e. The first-order valence-electron chi connectivity index (χ1n) is 4.34. The molecular weight excluding hydrogens is 233 g/mol. The lowest BCUT2D eigenvalue weighted by molar-refractivity contribution is -0.159. The smallest absolute Gasteiger partial charge is 0.414 e. The largest absolute Gasteiger partial charge is 0.473 e. The minimum Gasteiger partial charge on any atom is -0.473 e. The number of rotatable bonds is 2. The molecule has 0 fully saturated rings. The average molecular weight is 243 g/mol. The molecule has 1 aromatic rings. The lowest BCUT2D eigenvalue weighted by atomic mass is 10.2. The molecule has 0 heterocycles. The molecule has 0 aromatic heterocycles. The highest BCUT2D eigenvalue weighted by atomic mass is 19.1. The van der Waals surface area contributed by atoms with Crippen LogP contribution in [0.3, 0.4) is 0 Å². The molecule has 0 atom stereocenters. The fourth-order valence-electron chi connectivity index (χ4n) is 0.752. The van der Waals surface area contributed by atoms with Crippen LogP contribution in [0.5, 0.6) is 0 Å². The second-order valence-corrected chi connectivity index (χ2v) is 2.62. The van der Waals surface area contributed by atoms with Gasteiger partial charge in [0.05, 0.1) is 0 Å². The van der Waals surface area contributed by atoms with Crippen molar-refractivity contribution < 1.29 is 29.0 Å². The fourth-order valence-corrected chi connectivity index (χ4v) is 0.752. The van der Waals surface area contributed by atoms with Gasteiger partial charge in [-0.3, -0.25) is 4.79 Å². The van der Waals surface area contributed by atoms with Crippen LogP contribution >= 0.6 is 0 Å². The van der Waals surface area contributed by atoms with Gasteiger partial charge in [0, 0.05) is 5.56 Å². The summed E-state index contributed by atoms with van der Waals surface area (Å²) < 4.78 is 11.6. The van der Waals surface area contributed by atoms with Crippen LogP contribution in [0.1, 0.15) is 10.4 Å². The quantitative estimate of drug-likeness (QED) is 0.518. The third-order valence-corrected chi connectivity index (χ3v) is 1.45. The molecule has 1 amide bonds. The first-order valence-corrected chi connectivity index (χ1v) is 4.34. The van der Waals surface area contributed by atoms with Crippen LogP contribution in [0.2, 0.25) is 0 Å². The van der Waals surface area contributed by atoms with Gasteiger partial charge >= 0.3 is 11.9 Å². The van der Waals surface area contributed by atoms with Gasteiger partial charge in [0.2, 0.25) is 0 Å². The van der Waals surface area contributed by atoms with Gasteiger partial charge in [0.15, 0.2) is 6.80 Å². The van der Waals surface area contributed by atoms with Gasteiger partial charge in [0.25, 0.3) is 5.91 Å². The zero-order valence-electron chi connectivity index (χ0n) is 8.59. The molecule has 7 heteroatoms. The number of benzene rings is 1. The highest BCUT2D eigenvalue weighted by molar-refractivity contribution is 6.27. The van der Waals surface area contributed by atoms with Crippen molar-refractivity contribution >= 4 is 17.8 Å². The molecule has 0 spiro atoms. The van der Waals surface area contributed by atoms with E-state index in [1.165, 1.54) is 0 Å². The number of nitrogens with one attached hydrogen (secondary N) is 1. The Morgan fingerprint density at radius 1 is 1.06 bits per heavy atom. The van der Waals surface area contributed by atoms with Gasteiger partial charge in [-0.25, -0.2) is 14.0 Å². The number of aliphatic carboxylic acids is 2. The van der Waals surface area contributed by atoms with Crippen molar-refractivity contribution in [3.63, 3.8) is 0 Å². The Hall–Kier alpha value is -2.44. The Kier molecular flexibility index (Phi) is 6.68. The standard InChI is InChI=1S/C8H8FNO.C2H2O4/c9-6-10-8(11)7-4-2-1-3-5-7;3-1(4)2(5)6/h1-5H,6H2,(H,10,11);(H,3,4)(H,5,6). The highest BCUT2D eigenvalue weighted by Crippen LogP contribution is 1.96. The number of amides is 1. The number of halogens is 1. The average Bonchev–Trinajstić information content (AvgIpc) is 2.31. The van der Waals surface area contributed by atoms with Gasteiger partial charge < -0.3 is 15.5 Å². The lowest BCUT2D eigenvalue weighted by Crippen LogP contribution is -2.21. The second kappa shape index (κ2) is 7.80. The van der Waals surface area contributed by atoms with E-state index in [1.807, 2.05) is 0 Å². The van der Waals surface area contributed by atoms with E-state index in [4.69, 9.17) is 19.8 Å². The SMILES string of the molecule is O=C(NCF)c1ccccc1.O=C(O)C(=O)O. The van der Waals surface area contributed by atoms with Crippen LogP contribution < -0.4 is 5.32 Å². The van der Waals surface area contributed by atoms with E-state index < -0.39 is 18.7 Å². The van der Waals surface area contributed by atoms with Crippen molar-refractivity contribution in [2.45, 2.75) is 0 Å². The van der Waals surface area contributed by atoms with Gasteiger partial charge in [0.1, 0.15) is 0 Å². The summed E-state index contributed by atoms with van der Waals surface area (Å²) in [5.74, 6) is -4.03. The topological polar surface area (TPSA) is 104 Å². The van der Waals surface area contributed by atoms with E-state index in [2.05, 4.69) is 5.32 Å². The fraction of sp³-hybridized carbons (Fsp3) is 0.100. The number of carbonyl (C=O) groups is 3. The summed E-state index contributed by atoms with van der Waals surface area (Å²) in [4.78, 5) is 29.1. The molecule has 0 aliphatic heterocycles. The Morgan fingerprint density at radius 3 is 1.88 bits per heavy atom. The summed E-state index contributed by atoms with van der Waals surface area (Å²) in [5.41, 5.74) is 0.477. The predicted octanol–water partition coefficient (Wildman–Crippen LogP) is 0.499.